The molecule has 0 bridgehead atoms. The van der Waals surface area contributed by atoms with E-state index in [1.807, 2.05) is 0 Å². The summed E-state index contributed by atoms with van der Waals surface area (Å²) in [5.41, 5.74) is -0.417. The van der Waals surface area contributed by atoms with Gasteiger partial charge in [0.05, 0.1) is 5.60 Å². The van der Waals surface area contributed by atoms with Crippen molar-refractivity contribution in [2.45, 2.75) is 57.0 Å². The maximum Gasteiger partial charge on any atom is 0.0774 e. The maximum atomic E-state index is 10.5. The number of aliphatic hydroxyl groups excluding tert-OH is 1. The second-order valence-electron chi connectivity index (χ2n) is 6.04. The summed E-state index contributed by atoms with van der Waals surface area (Å²) in [4.78, 5) is 2.43. The zero-order valence-corrected chi connectivity index (χ0v) is 10.9. The Hall–Kier alpha value is -0.120. The van der Waals surface area contributed by atoms with Crippen LogP contribution >= 0.6 is 0 Å². The molecular formula is C14H27NO2. The van der Waals surface area contributed by atoms with E-state index in [2.05, 4.69) is 4.90 Å². The van der Waals surface area contributed by atoms with Gasteiger partial charge in [-0.25, -0.2) is 0 Å². The molecule has 1 atom stereocenters. The molecule has 1 saturated heterocycles. The first-order valence-electron chi connectivity index (χ1n) is 7.27. The summed E-state index contributed by atoms with van der Waals surface area (Å²) in [7, 11) is 0. The molecule has 100 valence electrons. The summed E-state index contributed by atoms with van der Waals surface area (Å²) in [5, 5.41) is 19.6. The smallest absolute Gasteiger partial charge is 0.0774 e. The molecule has 1 aliphatic carbocycles. The maximum absolute atomic E-state index is 10.5. The molecule has 0 aromatic carbocycles. The highest BCUT2D eigenvalue weighted by Gasteiger charge is 2.32. The average molecular weight is 241 g/mol. The van der Waals surface area contributed by atoms with Crippen molar-refractivity contribution in [2.24, 2.45) is 5.92 Å². The predicted molar refractivity (Wildman–Crippen MR) is 68.9 cm³/mol. The number of piperidine rings is 1. The van der Waals surface area contributed by atoms with Gasteiger partial charge < -0.3 is 15.1 Å². The molecule has 17 heavy (non-hydrogen) atoms. The number of hydrogen-bond acceptors (Lipinski definition) is 3. The lowest BCUT2D eigenvalue weighted by molar-refractivity contribution is -0.0352. The summed E-state index contributed by atoms with van der Waals surface area (Å²) in [6.07, 6.45) is 9.01. The molecule has 1 unspecified atom stereocenters. The minimum atomic E-state index is -0.417. The van der Waals surface area contributed by atoms with E-state index in [1.165, 1.54) is 32.1 Å². The Labute approximate surface area is 105 Å². The third-order valence-corrected chi connectivity index (χ3v) is 4.44. The van der Waals surface area contributed by atoms with E-state index < -0.39 is 5.60 Å². The number of aliphatic hydroxyl groups is 2. The van der Waals surface area contributed by atoms with Crippen LogP contribution in [0.4, 0.5) is 0 Å². The topological polar surface area (TPSA) is 43.7 Å². The fraction of sp³-hybridized carbons (Fsp3) is 1.00. The highest BCUT2D eigenvalue weighted by Crippen LogP contribution is 2.30. The molecule has 1 aliphatic heterocycles. The highest BCUT2D eigenvalue weighted by molar-refractivity contribution is 4.87. The molecule has 2 rings (SSSR count). The normalized spacial score (nSPS) is 30.4. The quantitative estimate of drug-likeness (QED) is 0.788. The Morgan fingerprint density at radius 1 is 1.12 bits per heavy atom. The number of hydrogen-bond donors (Lipinski definition) is 2. The summed E-state index contributed by atoms with van der Waals surface area (Å²) in [6, 6.07) is 0. The van der Waals surface area contributed by atoms with Crippen LogP contribution in [0.3, 0.4) is 0 Å². The molecule has 3 heteroatoms. The van der Waals surface area contributed by atoms with Gasteiger partial charge in [0.15, 0.2) is 0 Å². The zero-order chi connectivity index (χ0) is 12.1. The van der Waals surface area contributed by atoms with Crippen molar-refractivity contribution in [3.8, 4) is 0 Å². The lowest BCUT2D eigenvalue weighted by Gasteiger charge is -2.40. The predicted octanol–water partition coefficient (Wildman–Crippen LogP) is 1.78. The highest BCUT2D eigenvalue weighted by atomic mass is 16.3. The van der Waals surface area contributed by atoms with Crippen LogP contribution < -0.4 is 0 Å². The zero-order valence-electron chi connectivity index (χ0n) is 10.9. The third-order valence-electron chi connectivity index (χ3n) is 4.44. The second-order valence-corrected chi connectivity index (χ2v) is 6.04. The number of likely N-dealkylation sites (tertiary alicyclic amines) is 1. The molecule has 0 aromatic rings. The first-order chi connectivity index (χ1) is 8.22. The molecular weight excluding hydrogens is 214 g/mol. The van der Waals surface area contributed by atoms with Crippen LogP contribution in [0.5, 0.6) is 0 Å². The molecule has 0 amide bonds. The molecule has 0 aromatic heterocycles. The summed E-state index contributed by atoms with van der Waals surface area (Å²) in [5.74, 6) is 0.640. The van der Waals surface area contributed by atoms with Gasteiger partial charge in [0, 0.05) is 19.7 Å². The van der Waals surface area contributed by atoms with Crippen molar-refractivity contribution >= 4 is 0 Å². The Bertz CT molecular complexity index is 224. The van der Waals surface area contributed by atoms with Crippen molar-refractivity contribution in [3.05, 3.63) is 0 Å². The van der Waals surface area contributed by atoms with Crippen molar-refractivity contribution in [2.75, 3.05) is 26.2 Å². The van der Waals surface area contributed by atoms with E-state index in [4.69, 9.17) is 5.11 Å². The van der Waals surface area contributed by atoms with Gasteiger partial charge in [-0.2, -0.15) is 0 Å². The molecule has 2 aliphatic rings. The minimum Gasteiger partial charge on any atom is -0.396 e. The van der Waals surface area contributed by atoms with Gasteiger partial charge in [-0.05, 0) is 44.6 Å². The van der Waals surface area contributed by atoms with Crippen LogP contribution in [0.1, 0.15) is 51.4 Å². The molecule has 3 nitrogen and oxygen atoms in total. The number of nitrogens with zero attached hydrogens (tertiary/aromatic N) is 1. The van der Waals surface area contributed by atoms with Crippen LogP contribution in [0.25, 0.3) is 0 Å². The average Bonchev–Trinajstić information content (AvgIpc) is 2.30. The van der Waals surface area contributed by atoms with E-state index in [-0.39, 0.29) is 0 Å². The van der Waals surface area contributed by atoms with Crippen LogP contribution in [-0.4, -0.2) is 47.0 Å². The van der Waals surface area contributed by atoms with Crippen LogP contribution in [0.2, 0.25) is 0 Å². The Kier molecular flexibility index (Phi) is 4.83. The molecule has 0 radical (unpaired) electrons. The molecule has 2 fully saturated rings. The van der Waals surface area contributed by atoms with Gasteiger partial charge in [0.1, 0.15) is 0 Å². The summed E-state index contributed by atoms with van der Waals surface area (Å²) < 4.78 is 0. The molecule has 0 spiro atoms. The number of rotatable bonds is 4. The minimum absolute atomic E-state index is 0.308. The monoisotopic (exact) mass is 241 g/mol. The van der Waals surface area contributed by atoms with Gasteiger partial charge >= 0.3 is 0 Å². The van der Waals surface area contributed by atoms with E-state index in [1.54, 1.807) is 0 Å². The van der Waals surface area contributed by atoms with Crippen molar-refractivity contribution in [3.63, 3.8) is 0 Å². The van der Waals surface area contributed by atoms with Gasteiger partial charge in [-0.1, -0.05) is 19.3 Å². The molecule has 1 saturated carbocycles. The SMILES string of the molecule is OCCC1CCCN(CC2(O)CCCCC2)C1. The Morgan fingerprint density at radius 2 is 1.88 bits per heavy atom. The van der Waals surface area contributed by atoms with E-state index in [0.29, 0.717) is 12.5 Å². The van der Waals surface area contributed by atoms with E-state index >= 15 is 0 Å². The largest absolute Gasteiger partial charge is 0.396 e. The van der Waals surface area contributed by atoms with Gasteiger partial charge in [0.2, 0.25) is 0 Å². The van der Waals surface area contributed by atoms with Crippen LogP contribution in [0, 0.1) is 5.92 Å². The lowest BCUT2D eigenvalue weighted by atomic mass is 9.83. The molecule has 1 heterocycles. The van der Waals surface area contributed by atoms with Gasteiger partial charge in [-0.15, -0.1) is 0 Å². The summed E-state index contributed by atoms with van der Waals surface area (Å²) in [6.45, 7) is 3.37. The van der Waals surface area contributed by atoms with Crippen molar-refractivity contribution in [1.82, 2.24) is 4.90 Å². The first kappa shape index (κ1) is 13.3. The third kappa shape index (κ3) is 3.94. The van der Waals surface area contributed by atoms with Gasteiger partial charge in [-0.3, -0.25) is 0 Å². The van der Waals surface area contributed by atoms with Gasteiger partial charge in [0.25, 0.3) is 0 Å². The van der Waals surface area contributed by atoms with Crippen LogP contribution in [-0.2, 0) is 0 Å². The van der Waals surface area contributed by atoms with Crippen LogP contribution in [0.15, 0.2) is 0 Å². The van der Waals surface area contributed by atoms with E-state index in [9.17, 15) is 5.11 Å². The fourth-order valence-corrected chi connectivity index (χ4v) is 3.50. The van der Waals surface area contributed by atoms with Crippen molar-refractivity contribution in [1.29, 1.82) is 0 Å². The first-order valence-corrected chi connectivity index (χ1v) is 7.27. The number of β-amino-alcohol motifs (C(OH)–C–C–N with tert-alkyl or cyclic N) is 1. The Morgan fingerprint density at radius 3 is 2.59 bits per heavy atom. The molecule has 2 N–H and O–H groups in total. The Balaban J connectivity index is 1.81. The van der Waals surface area contributed by atoms with E-state index in [0.717, 1.165) is 38.9 Å². The second kappa shape index (κ2) is 6.17. The fourth-order valence-electron chi connectivity index (χ4n) is 3.50. The summed E-state index contributed by atoms with van der Waals surface area (Å²) >= 11 is 0. The standard InChI is InChI=1S/C14H27NO2/c16-10-6-13-5-4-9-15(11-13)12-14(17)7-2-1-3-8-14/h13,16-17H,1-12H2. The van der Waals surface area contributed by atoms with Crippen molar-refractivity contribution < 1.29 is 10.2 Å². The lowest BCUT2D eigenvalue weighted by Crippen LogP contribution is -2.47.